The number of aromatic nitrogens is 1. The number of benzene rings is 1. The monoisotopic (exact) mass is 256 g/mol. The molecule has 3 nitrogen and oxygen atoms in total. The molecule has 2 aromatic rings. The molecule has 0 bridgehead atoms. The Labute approximate surface area is 109 Å². The highest BCUT2D eigenvalue weighted by Gasteiger charge is 2.02. The fourth-order valence-corrected chi connectivity index (χ4v) is 1.63. The number of hydrogen-bond acceptors (Lipinski definition) is 2. The average Bonchev–Trinajstić information content (AvgIpc) is 2.38. The number of nitriles is 1. The second-order valence-electron chi connectivity index (χ2n) is 3.63. The van der Waals surface area contributed by atoms with Crippen LogP contribution in [0.15, 0.2) is 41.3 Å². The van der Waals surface area contributed by atoms with Crippen LogP contribution in [0.4, 0.5) is 0 Å². The van der Waals surface area contributed by atoms with Crippen molar-refractivity contribution < 1.29 is 0 Å². The van der Waals surface area contributed by atoms with E-state index >= 15 is 0 Å². The number of halogens is 1. The third-order valence-corrected chi connectivity index (χ3v) is 2.68. The zero-order valence-corrected chi connectivity index (χ0v) is 10.1. The van der Waals surface area contributed by atoms with Gasteiger partial charge in [0.05, 0.1) is 0 Å². The van der Waals surface area contributed by atoms with Gasteiger partial charge < -0.3 is 4.98 Å². The Bertz CT molecular complexity index is 678. The van der Waals surface area contributed by atoms with E-state index in [0.29, 0.717) is 10.6 Å². The molecule has 0 aliphatic carbocycles. The Hall–Kier alpha value is -2.31. The summed E-state index contributed by atoms with van der Waals surface area (Å²) in [5, 5.41) is 9.58. The van der Waals surface area contributed by atoms with E-state index in [1.54, 1.807) is 24.3 Å². The molecule has 0 aliphatic rings. The van der Waals surface area contributed by atoms with Gasteiger partial charge in [-0.25, -0.2) is 0 Å². The molecule has 0 fully saturated rings. The van der Waals surface area contributed by atoms with Crippen LogP contribution in [-0.4, -0.2) is 4.98 Å². The van der Waals surface area contributed by atoms with E-state index in [9.17, 15) is 4.79 Å². The summed E-state index contributed by atoms with van der Waals surface area (Å²) in [5.41, 5.74) is 1.28. The second-order valence-corrected chi connectivity index (χ2v) is 4.07. The van der Waals surface area contributed by atoms with Crippen LogP contribution in [0.3, 0.4) is 0 Å². The van der Waals surface area contributed by atoms with Crippen LogP contribution >= 0.6 is 11.6 Å². The summed E-state index contributed by atoms with van der Waals surface area (Å²) >= 11 is 5.78. The summed E-state index contributed by atoms with van der Waals surface area (Å²) in [4.78, 5) is 13.9. The first kappa shape index (κ1) is 12.2. The van der Waals surface area contributed by atoms with Gasteiger partial charge in [-0.15, -0.1) is 0 Å². The molecule has 1 aromatic heterocycles. The van der Waals surface area contributed by atoms with E-state index in [-0.39, 0.29) is 11.1 Å². The molecular formula is C14H9ClN2O. The lowest BCUT2D eigenvalue weighted by Gasteiger charge is -1.96. The van der Waals surface area contributed by atoms with E-state index in [4.69, 9.17) is 16.9 Å². The van der Waals surface area contributed by atoms with Gasteiger partial charge >= 0.3 is 0 Å². The van der Waals surface area contributed by atoms with Crippen molar-refractivity contribution >= 4 is 23.8 Å². The molecule has 1 aromatic carbocycles. The minimum absolute atomic E-state index is 0.114. The predicted molar refractivity (Wildman–Crippen MR) is 72.2 cm³/mol. The number of nitrogens with zero attached hydrogens (tertiary/aromatic N) is 1. The van der Waals surface area contributed by atoms with Crippen LogP contribution in [0.2, 0.25) is 5.02 Å². The first-order valence-corrected chi connectivity index (χ1v) is 5.64. The Morgan fingerprint density at radius 2 is 1.89 bits per heavy atom. The highest BCUT2D eigenvalue weighted by molar-refractivity contribution is 6.30. The Morgan fingerprint density at radius 1 is 1.17 bits per heavy atom. The van der Waals surface area contributed by atoms with Crippen LogP contribution in [0, 0.1) is 11.3 Å². The lowest BCUT2D eigenvalue weighted by atomic mass is 10.1. The van der Waals surface area contributed by atoms with Crippen LogP contribution in [0.5, 0.6) is 0 Å². The van der Waals surface area contributed by atoms with Gasteiger partial charge in [-0.05, 0) is 29.3 Å². The zero-order valence-electron chi connectivity index (χ0n) is 9.35. The van der Waals surface area contributed by atoms with Crippen LogP contribution in [-0.2, 0) is 0 Å². The average molecular weight is 257 g/mol. The molecule has 0 spiro atoms. The molecule has 0 saturated heterocycles. The van der Waals surface area contributed by atoms with Gasteiger partial charge in [-0.3, -0.25) is 4.79 Å². The quantitative estimate of drug-likeness (QED) is 0.898. The molecule has 2 rings (SSSR count). The van der Waals surface area contributed by atoms with Crippen molar-refractivity contribution in [2.75, 3.05) is 0 Å². The zero-order chi connectivity index (χ0) is 13.0. The molecule has 0 atom stereocenters. The third kappa shape index (κ3) is 2.68. The first-order valence-electron chi connectivity index (χ1n) is 5.26. The van der Waals surface area contributed by atoms with Crippen molar-refractivity contribution in [1.82, 2.24) is 4.98 Å². The maximum atomic E-state index is 11.4. The van der Waals surface area contributed by atoms with Crippen LogP contribution < -0.4 is 5.56 Å². The van der Waals surface area contributed by atoms with Crippen LogP contribution in [0.1, 0.15) is 16.7 Å². The topological polar surface area (TPSA) is 56.6 Å². The van der Waals surface area contributed by atoms with Crippen molar-refractivity contribution in [2.45, 2.75) is 0 Å². The molecule has 0 unspecified atom stereocenters. The second kappa shape index (κ2) is 5.35. The number of H-pyrrole nitrogens is 1. The Kier molecular flexibility index (Phi) is 3.61. The molecule has 88 valence electrons. The van der Waals surface area contributed by atoms with Gasteiger partial charge in [-0.2, -0.15) is 5.26 Å². The molecule has 1 N–H and O–H groups in total. The number of rotatable bonds is 2. The maximum absolute atomic E-state index is 11.4. The third-order valence-electron chi connectivity index (χ3n) is 2.43. The minimum Gasteiger partial charge on any atom is -0.328 e. The highest BCUT2D eigenvalue weighted by Crippen LogP contribution is 2.13. The summed E-state index contributed by atoms with van der Waals surface area (Å²) in [6.45, 7) is 0. The van der Waals surface area contributed by atoms with Gasteiger partial charge in [-0.1, -0.05) is 35.9 Å². The summed E-state index contributed by atoms with van der Waals surface area (Å²) in [7, 11) is 0. The number of pyridine rings is 1. The number of nitrogens with one attached hydrogen (secondary N) is 1. The highest BCUT2D eigenvalue weighted by atomic mass is 35.5. The van der Waals surface area contributed by atoms with Crippen molar-refractivity contribution in [3.8, 4) is 6.07 Å². The van der Waals surface area contributed by atoms with Crippen LogP contribution in [0.25, 0.3) is 12.2 Å². The summed E-state index contributed by atoms with van der Waals surface area (Å²) in [5.74, 6) is 0. The standard InChI is InChI=1S/C14H9ClN2O/c15-12-5-2-10(3-6-12)1-4-11-7-8-17-14(18)13(11)9-16/h1-8H,(H,17,18)/b4-1+. The van der Waals surface area contributed by atoms with Gasteiger partial charge in [0, 0.05) is 11.2 Å². The molecular weight excluding hydrogens is 248 g/mol. The van der Waals surface area contributed by atoms with Crippen molar-refractivity contribution in [1.29, 1.82) is 5.26 Å². The number of hydrogen-bond donors (Lipinski definition) is 1. The molecule has 0 saturated carbocycles. The summed E-state index contributed by atoms with van der Waals surface area (Å²) in [6.07, 6.45) is 5.08. The normalized spacial score (nSPS) is 10.4. The minimum atomic E-state index is -0.379. The lowest BCUT2D eigenvalue weighted by molar-refractivity contribution is 1.21. The predicted octanol–water partition coefficient (Wildman–Crippen LogP) is 3.07. The van der Waals surface area contributed by atoms with Gasteiger partial charge in [0.25, 0.3) is 5.56 Å². The maximum Gasteiger partial charge on any atom is 0.266 e. The SMILES string of the molecule is N#Cc1c(/C=C/c2ccc(Cl)cc2)cc[nH]c1=O. The Balaban J connectivity index is 2.35. The van der Waals surface area contributed by atoms with Gasteiger partial charge in [0.1, 0.15) is 11.6 Å². The lowest BCUT2D eigenvalue weighted by Crippen LogP contribution is -2.10. The van der Waals surface area contributed by atoms with Crippen molar-refractivity contribution in [3.05, 3.63) is 68.6 Å². The molecule has 0 amide bonds. The smallest absolute Gasteiger partial charge is 0.266 e. The van der Waals surface area contributed by atoms with Crippen molar-refractivity contribution in [2.24, 2.45) is 0 Å². The molecule has 0 aliphatic heterocycles. The fraction of sp³-hybridized carbons (Fsp3) is 0. The number of aromatic amines is 1. The molecule has 18 heavy (non-hydrogen) atoms. The largest absolute Gasteiger partial charge is 0.328 e. The van der Waals surface area contributed by atoms with E-state index in [1.807, 2.05) is 24.3 Å². The first-order chi connectivity index (χ1) is 8.70. The van der Waals surface area contributed by atoms with E-state index < -0.39 is 0 Å². The van der Waals surface area contributed by atoms with E-state index in [1.165, 1.54) is 6.20 Å². The summed E-state index contributed by atoms with van der Waals surface area (Å²) in [6, 6.07) is 10.9. The fourth-order valence-electron chi connectivity index (χ4n) is 1.51. The van der Waals surface area contributed by atoms with Crippen molar-refractivity contribution in [3.63, 3.8) is 0 Å². The summed E-state index contributed by atoms with van der Waals surface area (Å²) < 4.78 is 0. The van der Waals surface area contributed by atoms with Gasteiger partial charge in [0.15, 0.2) is 0 Å². The van der Waals surface area contributed by atoms with E-state index in [0.717, 1.165) is 5.56 Å². The molecule has 1 heterocycles. The van der Waals surface area contributed by atoms with E-state index in [2.05, 4.69) is 4.98 Å². The molecule has 4 heteroatoms. The molecule has 0 radical (unpaired) electrons. The van der Waals surface area contributed by atoms with Gasteiger partial charge in [0.2, 0.25) is 0 Å². The Morgan fingerprint density at radius 3 is 2.56 bits per heavy atom.